The third kappa shape index (κ3) is 5.15. The van der Waals surface area contributed by atoms with Crippen molar-refractivity contribution >= 4 is 0 Å². The molecule has 25 heavy (non-hydrogen) atoms. The van der Waals surface area contributed by atoms with E-state index in [2.05, 4.69) is 45.8 Å². The van der Waals surface area contributed by atoms with Crippen LogP contribution >= 0.6 is 0 Å². The Morgan fingerprint density at radius 2 is 2.04 bits per heavy atom. The van der Waals surface area contributed by atoms with Gasteiger partial charge < -0.3 is 14.6 Å². The lowest BCUT2D eigenvalue weighted by molar-refractivity contribution is 0.285. The molecule has 0 spiro atoms. The minimum atomic E-state index is 0.301. The van der Waals surface area contributed by atoms with Crippen molar-refractivity contribution in [1.82, 2.24) is 25.2 Å². The molecule has 0 aliphatic rings. The molecule has 1 aromatic carbocycles. The first-order chi connectivity index (χ1) is 12.1. The molecule has 1 atom stereocenters. The molecule has 7 heteroatoms. The van der Waals surface area contributed by atoms with Crippen LogP contribution in [-0.4, -0.2) is 26.0 Å². The van der Waals surface area contributed by atoms with Crippen molar-refractivity contribution in [2.24, 2.45) is 0 Å². The number of hydrogen-bond acceptors (Lipinski definition) is 6. The number of benzene rings is 1. The molecule has 7 nitrogen and oxygen atoms in total. The summed E-state index contributed by atoms with van der Waals surface area (Å²) in [5.41, 5.74) is 2.38. The molecule has 0 aliphatic heterocycles. The standard InChI is InChI=1S/C18H23N5O2/c1-13-8-20-23(10-13)11-14(2)19-9-16-4-6-17(7-5-16)24-12-18-21-15(3)25-22-18/h4-8,10,14,19H,9,11-12H2,1-3H3/t14-/m0/s1. The quantitative estimate of drug-likeness (QED) is 0.679. The Hall–Kier alpha value is -2.67. The predicted octanol–water partition coefficient (Wildman–Crippen LogP) is 2.64. The highest BCUT2D eigenvalue weighted by Gasteiger charge is 2.05. The minimum absolute atomic E-state index is 0.301. The number of hydrogen-bond donors (Lipinski definition) is 1. The number of nitrogens with one attached hydrogen (secondary N) is 1. The summed E-state index contributed by atoms with van der Waals surface area (Å²) >= 11 is 0. The van der Waals surface area contributed by atoms with Crippen molar-refractivity contribution < 1.29 is 9.26 Å². The van der Waals surface area contributed by atoms with E-state index in [-0.39, 0.29) is 0 Å². The highest BCUT2D eigenvalue weighted by Crippen LogP contribution is 2.13. The molecule has 0 saturated heterocycles. The number of nitrogens with zero attached hydrogens (tertiary/aromatic N) is 4. The third-order valence-electron chi connectivity index (χ3n) is 3.74. The molecule has 0 unspecified atom stereocenters. The monoisotopic (exact) mass is 341 g/mol. The highest BCUT2D eigenvalue weighted by atomic mass is 16.5. The molecule has 132 valence electrons. The smallest absolute Gasteiger partial charge is 0.223 e. The number of aryl methyl sites for hydroxylation is 2. The average Bonchev–Trinajstić information content (AvgIpc) is 3.20. The lowest BCUT2D eigenvalue weighted by Crippen LogP contribution is -2.30. The fourth-order valence-corrected chi connectivity index (χ4v) is 2.46. The molecular weight excluding hydrogens is 318 g/mol. The Morgan fingerprint density at radius 3 is 2.68 bits per heavy atom. The Balaban J connectivity index is 1.44. The van der Waals surface area contributed by atoms with E-state index in [1.54, 1.807) is 6.92 Å². The van der Waals surface area contributed by atoms with Gasteiger partial charge in [0.15, 0.2) is 6.61 Å². The van der Waals surface area contributed by atoms with E-state index >= 15 is 0 Å². The van der Waals surface area contributed by atoms with Crippen molar-refractivity contribution in [1.29, 1.82) is 0 Å². The summed E-state index contributed by atoms with van der Waals surface area (Å²) in [5.74, 6) is 1.87. The minimum Gasteiger partial charge on any atom is -0.485 e. The van der Waals surface area contributed by atoms with E-state index in [9.17, 15) is 0 Å². The molecule has 0 amide bonds. The first-order valence-corrected chi connectivity index (χ1v) is 8.32. The molecule has 0 bridgehead atoms. The van der Waals surface area contributed by atoms with Gasteiger partial charge in [0.2, 0.25) is 11.7 Å². The van der Waals surface area contributed by atoms with Gasteiger partial charge in [-0.3, -0.25) is 4.68 Å². The van der Waals surface area contributed by atoms with Crippen LogP contribution in [0.3, 0.4) is 0 Å². The van der Waals surface area contributed by atoms with Crippen LogP contribution in [0.5, 0.6) is 5.75 Å². The predicted molar refractivity (Wildman–Crippen MR) is 93.1 cm³/mol. The van der Waals surface area contributed by atoms with Crippen LogP contribution in [0.15, 0.2) is 41.2 Å². The van der Waals surface area contributed by atoms with Gasteiger partial charge in [0.05, 0.1) is 12.7 Å². The van der Waals surface area contributed by atoms with E-state index in [0.717, 1.165) is 18.8 Å². The molecule has 3 rings (SSSR count). The van der Waals surface area contributed by atoms with Crippen LogP contribution in [0.4, 0.5) is 0 Å². The Morgan fingerprint density at radius 1 is 1.24 bits per heavy atom. The maximum absolute atomic E-state index is 5.65. The van der Waals surface area contributed by atoms with Crippen molar-refractivity contribution in [3.63, 3.8) is 0 Å². The van der Waals surface area contributed by atoms with E-state index < -0.39 is 0 Å². The van der Waals surface area contributed by atoms with Gasteiger partial charge in [-0.1, -0.05) is 17.3 Å². The molecule has 3 aromatic rings. The Labute approximate surface area is 147 Å². The third-order valence-corrected chi connectivity index (χ3v) is 3.74. The second-order valence-corrected chi connectivity index (χ2v) is 6.18. The van der Waals surface area contributed by atoms with Gasteiger partial charge in [-0.25, -0.2) is 0 Å². The zero-order chi connectivity index (χ0) is 17.6. The Bertz CT molecular complexity index is 794. The first kappa shape index (κ1) is 17.2. The largest absolute Gasteiger partial charge is 0.485 e. The normalized spacial score (nSPS) is 12.3. The van der Waals surface area contributed by atoms with Gasteiger partial charge in [0.1, 0.15) is 5.75 Å². The van der Waals surface area contributed by atoms with Crippen LogP contribution in [-0.2, 0) is 19.7 Å². The molecule has 1 N–H and O–H groups in total. The maximum atomic E-state index is 5.65. The summed E-state index contributed by atoms with van der Waals surface area (Å²) in [6, 6.07) is 8.33. The summed E-state index contributed by atoms with van der Waals surface area (Å²) in [6.45, 7) is 7.90. The summed E-state index contributed by atoms with van der Waals surface area (Å²) in [5, 5.41) is 11.6. The van der Waals surface area contributed by atoms with Gasteiger partial charge in [0.25, 0.3) is 0 Å². The van der Waals surface area contributed by atoms with E-state index in [1.807, 2.05) is 29.9 Å². The van der Waals surface area contributed by atoms with Crippen molar-refractivity contribution in [2.45, 2.75) is 46.5 Å². The van der Waals surface area contributed by atoms with E-state index in [0.29, 0.717) is 24.4 Å². The van der Waals surface area contributed by atoms with Crippen LogP contribution in [0, 0.1) is 13.8 Å². The van der Waals surface area contributed by atoms with Gasteiger partial charge in [-0.15, -0.1) is 0 Å². The average molecular weight is 341 g/mol. The van der Waals surface area contributed by atoms with Crippen LogP contribution in [0.25, 0.3) is 0 Å². The fourth-order valence-electron chi connectivity index (χ4n) is 2.46. The lowest BCUT2D eigenvalue weighted by atomic mass is 10.2. The molecule has 0 aliphatic carbocycles. The van der Waals surface area contributed by atoms with Gasteiger partial charge in [-0.05, 0) is 37.1 Å². The zero-order valence-corrected chi connectivity index (χ0v) is 14.8. The number of ether oxygens (including phenoxy) is 1. The second kappa shape index (κ2) is 7.94. The van der Waals surface area contributed by atoms with Crippen molar-refractivity contribution in [2.75, 3.05) is 0 Å². The molecule has 0 fully saturated rings. The van der Waals surface area contributed by atoms with Crippen molar-refractivity contribution in [3.05, 3.63) is 59.5 Å². The molecule has 0 saturated carbocycles. The maximum Gasteiger partial charge on any atom is 0.223 e. The van der Waals surface area contributed by atoms with Crippen LogP contribution in [0.2, 0.25) is 0 Å². The topological polar surface area (TPSA) is 78.0 Å². The lowest BCUT2D eigenvalue weighted by Gasteiger charge is -2.14. The summed E-state index contributed by atoms with van der Waals surface area (Å²) in [4.78, 5) is 4.11. The first-order valence-electron chi connectivity index (χ1n) is 8.32. The van der Waals surface area contributed by atoms with Crippen LogP contribution in [0.1, 0.15) is 29.8 Å². The second-order valence-electron chi connectivity index (χ2n) is 6.18. The van der Waals surface area contributed by atoms with E-state index in [4.69, 9.17) is 9.26 Å². The van der Waals surface area contributed by atoms with Crippen molar-refractivity contribution in [3.8, 4) is 5.75 Å². The van der Waals surface area contributed by atoms with E-state index in [1.165, 1.54) is 11.1 Å². The SMILES string of the molecule is Cc1cnn(C[C@H](C)NCc2ccc(OCc3noc(C)n3)cc2)c1. The summed E-state index contributed by atoms with van der Waals surface area (Å²) in [7, 11) is 0. The van der Waals surface area contributed by atoms with Gasteiger partial charge in [-0.2, -0.15) is 10.1 Å². The molecular formula is C18H23N5O2. The number of rotatable bonds is 8. The number of aromatic nitrogens is 4. The summed E-state index contributed by atoms with van der Waals surface area (Å²) in [6.07, 6.45) is 3.93. The molecule has 2 heterocycles. The van der Waals surface area contributed by atoms with Gasteiger partial charge >= 0.3 is 0 Å². The zero-order valence-electron chi connectivity index (χ0n) is 14.8. The Kier molecular flexibility index (Phi) is 5.45. The van der Waals surface area contributed by atoms with Gasteiger partial charge in [0, 0.05) is 25.7 Å². The van der Waals surface area contributed by atoms with Crippen LogP contribution < -0.4 is 10.1 Å². The highest BCUT2D eigenvalue weighted by molar-refractivity contribution is 5.27. The fraction of sp³-hybridized carbons (Fsp3) is 0.389. The molecule has 0 radical (unpaired) electrons. The summed E-state index contributed by atoms with van der Waals surface area (Å²) < 4.78 is 12.5. The molecule has 2 aromatic heterocycles.